The molecule has 0 saturated heterocycles. The number of nitrogens with one attached hydrogen (secondary N) is 1. The molecule has 7 nitrogen and oxygen atoms in total. The van der Waals surface area contributed by atoms with Gasteiger partial charge in [0, 0.05) is 6.08 Å². The molecule has 0 aliphatic heterocycles. The summed E-state index contributed by atoms with van der Waals surface area (Å²) in [6.07, 6.45) is 4.50. The van der Waals surface area contributed by atoms with Crippen LogP contribution in [0.25, 0.3) is 17.2 Å². The van der Waals surface area contributed by atoms with Gasteiger partial charge in [-0.2, -0.15) is 5.10 Å². The number of benzene rings is 4. The Morgan fingerprint density at radius 3 is 2.03 bits per heavy atom. The highest BCUT2D eigenvalue weighted by molar-refractivity contribution is 5.89. The van der Waals surface area contributed by atoms with Gasteiger partial charge in [0.2, 0.25) is 0 Å². The van der Waals surface area contributed by atoms with Crippen molar-refractivity contribution in [1.29, 1.82) is 0 Å². The highest BCUT2D eigenvalue weighted by Crippen LogP contribution is 2.22. The van der Waals surface area contributed by atoms with Gasteiger partial charge in [-0.3, -0.25) is 4.79 Å². The van der Waals surface area contributed by atoms with E-state index in [0.29, 0.717) is 11.5 Å². The van der Waals surface area contributed by atoms with Crippen LogP contribution in [0.15, 0.2) is 114 Å². The fraction of sp³-hybridized carbons (Fsp3) is 0.0645. The van der Waals surface area contributed by atoms with Crippen LogP contribution in [0.4, 0.5) is 0 Å². The van der Waals surface area contributed by atoms with Gasteiger partial charge < -0.3 is 14.2 Å². The van der Waals surface area contributed by atoms with E-state index in [1.54, 1.807) is 37.5 Å². The van der Waals surface area contributed by atoms with Crippen LogP contribution in [0.2, 0.25) is 0 Å². The smallest absolute Gasteiger partial charge is 0.336 e. The summed E-state index contributed by atoms with van der Waals surface area (Å²) in [6, 6.07) is 31.6. The maximum Gasteiger partial charge on any atom is 0.336 e. The summed E-state index contributed by atoms with van der Waals surface area (Å²) in [5, 5.41) is 3.94. The molecule has 0 fully saturated rings. The summed E-state index contributed by atoms with van der Waals surface area (Å²) in [7, 11) is 1.60. The van der Waals surface area contributed by atoms with E-state index in [2.05, 4.69) is 10.5 Å². The predicted octanol–water partition coefficient (Wildman–Crippen LogP) is 5.51. The number of methoxy groups -OCH3 is 1. The van der Waals surface area contributed by atoms with E-state index in [-0.39, 0.29) is 12.5 Å². The second-order valence-electron chi connectivity index (χ2n) is 8.07. The molecular weight excluding hydrogens is 480 g/mol. The van der Waals surface area contributed by atoms with Crippen LogP contribution in [0, 0.1) is 0 Å². The number of carbonyl (C=O) groups excluding carboxylic acids is 2. The van der Waals surface area contributed by atoms with Gasteiger partial charge in [-0.15, -0.1) is 0 Å². The van der Waals surface area contributed by atoms with Crippen molar-refractivity contribution in [2.45, 2.75) is 0 Å². The van der Waals surface area contributed by atoms with Crippen molar-refractivity contribution in [3.63, 3.8) is 0 Å². The molecule has 190 valence electrons. The summed E-state index contributed by atoms with van der Waals surface area (Å²) < 4.78 is 15.9. The summed E-state index contributed by atoms with van der Waals surface area (Å²) in [5.41, 5.74) is 6.17. The number of hydrazone groups is 1. The first-order valence-electron chi connectivity index (χ1n) is 11.8. The van der Waals surface area contributed by atoms with Gasteiger partial charge in [0.1, 0.15) is 17.2 Å². The zero-order valence-corrected chi connectivity index (χ0v) is 20.7. The average Bonchev–Trinajstić information content (AvgIpc) is 2.97. The maximum atomic E-state index is 12.1. The third kappa shape index (κ3) is 7.93. The van der Waals surface area contributed by atoms with E-state index in [4.69, 9.17) is 14.2 Å². The van der Waals surface area contributed by atoms with Crippen LogP contribution in [-0.2, 0) is 9.59 Å². The van der Waals surface area contributed by atoms with Gasteiger partial charge in [0.25, 0.3) is 5.91 Å². The lowest BCUT2D eigenvalue weighted by atomic mass is 10.1. The van der Waals surface area contributed by atoms with E-state index in [9.17, 15) is 9.59 Å². The molecule has 1 amide bonds. The van der Waals surface area contributed by atoms with E-state index >= 15 is 0 Å². The molecule has 0 radical (unpaired) electrons. The van der Waals surface area contributed by atoms with Crippen LogP contribution < -0.4 is 19.6 Å². The molecule has 1 N–H and O–H groups in total. The second-order valence-corrected chi connectivity index (χ2v) is 8.07. The van der Waals surface area contributed by atoms with Crippen molar-refractivity contribution in [2.24, 2.45) is 5.10 Å². The number of esters is 1. The zero-order valence-electron chi connectivity index (χ0n) is 20.7. The number of nitrogens with zero attached hydrogens (tertiary/aromatic N) is 1. The average molecular weight is 507 g/mol. The lowest BCUT2D eigenvalue weighted by Crippen LogP contribution is -2.24. The number of amides is 1. The summed E-state index contributed by atoms with van der Waals surface area (Å²) >= 11 is 0. The largest absolute Gasteiger partial charge is 0.497 e. The first-order valence-corrected chi connectivity index (χ1v) is 11.8. The first kappa shape index (κ1) is 25.9. The van der Waals surface area contributed by atoms with Gasteiger partial charge >= 0.3 is 5.97 Å². The van der Waals surface area contributed by atoms with Crippen molar-refractivity contribution in [3.8, 4) is 28.4 Å². The molecule has 0 aliphatic carbocycles. The van der Waals surface area contributed by atoms with E-state index in [1.165, 1.54) is 12.3 Å². The van der Waals surface area contributed by atoms with Crippen molar-refractivity contribution < 1.29 is 23.8 Å². The number of hydrogen-bond donors (Lipinski definition) is 1. The Morgan fingerprint density at radius 2 is 1.34 bits per heavy atom. The molecule has 0 aliphatic rings. The molecule has 0 aromatic heterocycles. The molecule has 0 heterocycles. The maximum absolute atomic E-state index is 12.1. The monoisotopic (exact) mass is 506 g/mol. The quantitative estimate of drug-likeness (QED) is 0.101. The lowest BCUT2D eigenvalue weighted by molar-refractivity contribution is -0.129. The van der Waals surface area contributed by atoms with Crippen LogP contribution >= 0.6 is 0 Å². The minimum absolute atomic E-state index is 0.166. The number of hydrogen-bond acceptors (Lipinski definition) is 6. The second kappa shape index (κ2) is 13.2. The van der Waals surface area contributed by atoms with Gasteiger partial charge in [-0.25, -0.2) is 10.2 Å². The molecule has 7 heteroatoms. The molecule has 4 aromatic carbocycles. The van der Waals surface area contributed by atoms with Crippen LogP contribution in [0.5, 0.6) is 17.2 Å². The Morgan fingerprint density at radius 1 is 0.737 bits per heavy atom. The first-order chi connectivity index (χ1) is 18.6. The van der Waals surface area contributed by atoms with Crippen molar-refractivity contribution in [3.05, 3.63) is 120 Å². The van der Waals surface area contributed by atoms with Gasteiger partial charge in [0.15, 0.2) is 6.61 Å². The summed E-state index contributed by atoms with van der Waals surface area (Å²) in [6.45, 7) is -0.166. The minimum atomic E-state index is -0.496. The molecule has 0 atom stereocenters. The molecule has 38 heavy (non-hydrogen) atoms. The molecule has 0 unspecified atom stereocenters. The molecule has 4 rings (SSSR count). The fourth-order valence-corrected chi connectivity index (χ4v) is 3.39. The Kier molecular flexibility index (Phi) is 9.02. The van der Waals surface area contributed by atoms with Crippen LogP contribution in [0.1, 0.15) is 11.1 Å². The summed E-state index contributed by atoms with van der Waals surface area (Å²) in [4.78, 5) is 24.1. The number of rotatable bonds is 10. The molecule has 0 saturated carbocycles. The van der Waals surface area contributed by atoms with Crippen LogP contribution in [0.3, 0.4) is 0 Å². The van der Waals surface area contributed by atoms with E-state index in [0.717, 1.165) is 28.0 Å². The number of carbonyl (C=O) groups is 2. The summed E-state index contributed by atoms with van der Waals surface area (Å²) in [5.74, 6) is 0.841. The van der Waals surface area contributed by atoms with Crippen molar-refractivity contribution in [1.82, 2.24) is 5.43 Å². The molecule has 0 spiro atoms. The third-order valence-corrected chi connectivity index (χ3v) is 5.36. The Hall–Kier alpha value is -5.17. The molecule has 4 aromatic rings. The van der Waals surface area contributed by atoms with E-state index in [1.807, 2.05) is 78.9 Å². The SMILES string of the molecule is COc1ccc(/C=C\C(=O)Oc2ccc(/C=N/NC(=O)COc3ccc(-c4ccccc4)cc3)cc2)cc1. The lowest BCUT2D eigenvalue weighted by Gasteiger charge is -2.06. The fourth-order valence-electron chi connectivity index (χ4n) is 3.39. The highest BCUT2D eigenvalue weighted by Gasteiger charge is 2.04. The number of ether oxygens (including phenoxy) is 3. The topological polar surface area (TPSA) is 86.2 Å². The third-order valence-electron chi connectivity index (χ3n) is 5.36. The predicted molar refractivity (Wildman–Crippen MR) is 147 cm³/mol. The zero-order chi connectivity index (χ0) is 26.6. The van der Waals surface area contributed by atoms with Gasteiger partial charge in [-0.05, 0) is 76.9 Å². The highest BCUT2D eigenvalue weighted by atomic mass is 16.5. The van der Waals surface area contributed by atoms with E-state index < -0.39 is 5.97 Å². The Balaban J connectivity index is 1.19. The minimum Gasteiger partial charge on any atom is -0.497 e. The Labute approximate surface area is 221 Å². The Bertz CT molecular complexity index is 1400. The standard InChI is InChI=1S/C31H26N2O5/c1-36-27-14-7-23(8-15-27)11-20-31(35)38-29-16-9-24(10-17-29)21-32-33-30(34)22-37-28-18-12-26(13-19-28)25-5-3-2-4-6-25/h2-21H,22H2,1H3,(H,33,34)/b20-11-,32-21+. The normalized spacial score (nSPS) is 10.9. The van der Waals surface area contributed by atoms with Gasteiger partial charge in [0.05, 0.1) is 13.3 Å². The molecular formula is C31H26N2O5. The van der Waals surface area contributed by atoms with Crippen LogP contribution in [-0.4, -0.2) is 31.8 Å². The van der Waals surface area contributed by atoms with Gasteiger partial charge in [-0.1, -0.05) is 54.6 Å². The van der Waals surface area contributed by atoms with Crippen molar-refractivity contribution >= 4 is 24.2 Å². The van der Waals surface area contributed by atoms with Crippen molar-refractivity contribution in [2.75, 3.05) is 13.7 Å². The molecule has 0 bridgehead atoms.